The third kappa shape index (κ3) is 6.92. The molecule has 0 aliphatic carbocycles. The number of hydrogen-bond donors (Lipinski definition) is 1. The Morgan fingerprint density at radius 1 is 0.838 bits per heavy atom. The van der Waals surface area contributed by atoms with Crippen LogP contribution in [0.1, 0.15) is 47.8 Å². The minimum Gasteiger partial charge on any atom is -0.340 e. The quantitative estimate of drug-likeness (QED) is 0.379. The van der Waals surface area contributed by atoms with Gasteiger partial charge in [0.05, 0.1) is 16.6 Å². The van der Waals surface area contributed by atoms with Crippen molar-refractivity contribution in [1.29, 1.82) is 0 Å². The van der Waals surface area contributed by atoms with E-state index in [0.29, 0.717) is 30.1 Å². The van der Waals surface area contributed by atoms with Crippen LogP contribution in [0.25, 0.3) is 0 Å². The van der Waals surface area contributed by atoms with Crippen LogP contribution in [0.5, 0.6) is 0 Å². The summed E-state index contributed by atoms with van der Waals surface area (Å²) >= 11 is 12.2. The molecule has 7 heteroatoms. The molecular weight excluding hydrogens is 505 g/mol. The minimum absolute atomic E-state index is 0.0530. The fraction of sp³-hybridized carbons (Fsp3) is 0.333. The van der Waals surface area contributed by atoms with Gasteiger partial charge in [0.15, 0.2) is 0 Å². The zero-order valence-corrected chi connectivity index (χ0v) is 22.8. The smallest absolute Gasteiger partial charge is 0.253 e. The van der Waals surface area contributed by atoms with Crippen molar-refractivity contribution in [3.8, 4) is 0 Å². The van der Waals surface area contributed by atoms with E-state index in [4.69, 9.17) is 23.2 Å². The van der Waals surface area contributed by atoms with Gasteiger partial charge >= 0.3 is 0 Å². The molecule has 3 aromatic rings. The second kappa shape index (κ2) is 12.6. The lowest BCUT2D eigenvalue weighted by atomic mass is 9.96. The summed E-state index contributed by atoms with van der Waals surface area (Å²) in [6, 6.07) is 25.2. The molecule has 1 saturated heterocycles. The highest BCUT2D eigenvalue weighted by atomic mass is 35.5. The number of carbonyl (C=O) groups excluding carboxylic acids is 2. The van der Waals surface area contributed by atoms with Gasteiger partial charge in [-0.1, -0.05) is 97.7 Å². The molecule has 1 unspecified atom stereocenters. The molecule has 3 aromatic carbocycles. The van der Waals surface area contributed by atoms with Crippen LogP contribution < -0.4 is 5.32 Å². The number of carbonyl (C=O) groups is 2. The Morgan fingerprint density at radius 2 is 1.41 bits per heavy atom. The average molecular weight is 539 g/mol. The molecule has 4 rings (SSSR count). The summed E-state index contributed by atoms with van der Waals surface area (Å²) in [6.45, 7) is 6.77. The largest absolute Gasteiger partial charge is 0.340 e. The molecule has 2 amide bonds. The SMILES string of the molecule is CC(C)CC(NC(=O)c1ccc(Cl)cc1Cl)C(=O)N1CCN(C(c2ccccc2)c2ccccc2)CC1. The average Bonchev–Trinajstić information content (AvgIpc) is 2.89. The Kier molecular flexibility index (Phi) is 9.25. The molecular formula is C30H33Cl2N3O2. The van der Waals surface area contributed by atoms with Crippen molar-refractivity contribution >= 4 is 35.0 Å². The Labute approximate surface area is 229 Å². The summed E-state index contributed by atoms with van der Waals surface area (Å²) in [7, 11) is 0. The first kappa shape index (κ1) is 27.2. The van der Waals surface area contributed by atoms with Gasteiger partial charge in [0.2, 0.25) is 5.91 Å². The van der Waals surface area contributed by atoms with E-state index >= 15 is 0 Å². The Bertz CT molecular complexity index is 1160. The second-order valence-electron chi connectivity index (χ2n) is 9.86. The van der Waals surface area contributed by atoms with Crippen LogP contribution in [0.2, 0.25) is 10.0 Å². The van der Waals surface area contributed by atoms with E-state index in [-0.39, 0.29) is 28.8 Å². The first-order valence-corrected chi connectivity index (χ1v) is 13.5. The summed E-state index contributed by atoms with van der Waals surface area (Å²) in [5.41, 5.74) is 2.78. The second-order valence-corrected chi connectivity index (χ2v) is 10.7. The van der Waals surface area contributed by atoms with Crippen LogP contribution >= 0.6 is 23.2 Å². The van der Waals surface area contributed by atoms with E-state index in [9.17, 15) is 9.59 Å². The van der Waals surface area contributed by atoms with E-state index in [1.54, 1.807) is 12.1 Å². The summed E-state index contributed by atoms with van der Waals surface area (Å²) in [4.78, 5) is 30.9. The molecule has 0 bridgehead atoms. The number of piperazine rings is 1. The van der Waals surface area contributed by atoms with Gasteiger partial charge in [-0.15, -0.1) is 0 Å². The van der Waals surface area contributed by atoms with Gasteiger partial charge in [-0.2, -0.15) is 0 Å². The molecule has 1 aliphatic heterocycles. The van der Waals surface area contributed by atoms with E-state index in [1.165, 1.54) is 17.2 Å². The van der Waals surface area contributed by atoms with Crippen molar-refractivity contribution in [3.05, 3.63) is 106 Å². The van der Waals surface area contributed by atoms with Crippen LogP contribution in [0.4, 0.5) is 0 Å². The topological polar surface area (TPSA) is 52.7 Å². The molecule has 194 valence electrons. The third-order valence-electron chi connectivity index (χ3n) is 6.71. The van der Waals surface area contributed by atoms with Crippen molar-refractivity contribution in [2.45, 2.75) is 32.4 Å². The molecule has 1 heterocycles. The molecule has 1 N–H and O–H groups in total. The van der Waals surface area contributed by atoms with Crippen molar-refractivity contribution in [1.82, 2.24) is 15.1 Å². The number of hydrogen-bond acceptors (Lipinski definition) is 3. The van der Waals surface area contributed by atoms with Crippen LogP contribution in [-0.2, 0) is 4.79 Å². The lowest BCUT2D eigenvalue weighted by Gasteiger charge is -2.41. The summed E-state index contributed by atoms with van der Waals surface area (Å²) in [5.74, 6) is -0.188. The zero-order chi connectivity index (χ0) is 26.4. The van der Waals surface area contributed by atoms with Gasteiger partial charge in [0.1, 0.15) is 6.04 Å². The summed E-state index contributed by atoms with van der Waals surface area (Å²) in [5, 5.41) is 3.66. The molecule has 1 aliphatic rings. The van der Waals surface area contributed by atoms with Gasteiger partial charge in [0.25, 0.3) is 5.91 Å². The molecule has 0 aromatic heterocycles. The van der Waals surface area contributed by atoms with Crippen molar-refractivity contribution in [2.24, 2.45) is 5.92 Å². The maximum absolute atomic E-state index is 13.6. The van der Waals surface area contributed by atoms with E-state index in [2.05, 4.69) is 58.7 Å². The van der Waals surface area contributed by atoms with Crippen LogP contribution in [0.3, 0.4) is 0 Å². The molecule has 0 radical (unpaired) electrons. The number of amides is 2. The highest BCUT2D eigenvalue weighted by Gasteiger charge is 2.32. The predicted octanol–water partition coefficient (Wildman–Crippen LogP) is 6.07. The fourth-order valence-corrected chi connectivity index (χ4v) is 5.40. The zero-order valence-electron chi connectivity index (χ0n) is 21.2. The highest BCUT2D eigenvalue weighted by Crippen LogP contribution is 2.29. The number of nitrogens with zero attached hydrogens (tertiary/aromatic N) is 2. The lowest BCUT2D eigenvalue weighted by Crippen LogP contribution is -2.55. The van der Waals surface area contributed by atoms with Crippen molar-refractivity contribution in [3.63, 3.8) is 0 Å². The molecule has 1 atom stereocenters. The van der Waals surface area contributed by atoms with E-state index in [0.717, 1.165) is 13.1 Å². The number of halogens is 2. The van der Waals surface area contributed by atoms with Gasteiger partial charge in [-0.05, 0) is 41.7 Å². The molecule has 0 saturated carbocycles. The summed E-state index contributed by atoms with van der Waals surface area (Å²) < 4.78 is 0. The lowest BCUT2D eigenvalue weighted by molar-refractivity contribution is -0.135. The number of nitrogens with one attached hydrogen (secondary N) is 1. The predicted molar refractivity (Wildman–Crippen MR) is 150 cm³/mol. The maximum atomic E-state index is 13.6. The third-order valence-corrected chi connectivity index (χ3v) is 7.26. The maximum Gasteiger partial charge on any atom is 0.253 e. The van der Waals surface area contributed by atoms with Gasteiger partial charge in [-0.3, -0.25) is 14.5 Å². The monoisotopic (exact) mass is 537 g/mol. The fourth-order valence-electron chi connectivity index (χ4n) is 4.91. The number of benzene rings is 3. The van der Waals surface area contributed by atoms with Gasteiger partial charge in [0, 0.05) is 31.2 Å². The normalized spacial score (nSPS) is 15.1. The van der Waals surface area contributed by atoms with Gasteiger partial charge < -0.3 is 10.2 Å². The first-order valence-electron chi connectivity index (χ1n) is 12.7. The van der Waals surface area contributed by atoms with Crippen LogP contribution in [0.15, 0.2) is 78.9 Å². The minimum atomic E-state index is -0.621. The highest BCUT2D eigenvalue weighted by molar-refractivity contribution is 6.36. The Balaban J connectivity index is 1.46. The molecule has 37 heavy (non-hydrogen) atoms. The Hall–Kier alpha value is -2.86. The molecule has 0 spiro atoms. The van der Waals surface area contributed by atoms with Gasteiger partial charge in [-0.25, -0.2) is 0 Å². The number of rotatable bonds is 8. The van der Waals surface area contributed by atoms with Crippen LogP contribution in [0, 0.1) is 5.92 Å². The Morgan fingerprint density at radius 3 is 1.92 bits per heavy atom. The molecule has 5 nitrogen and oxygen atoms in total. The van der Waals surface area contributed by atoms with E-state index in [1.807, 2.05) is 30.9 Å². The first-order chi connectivity index (χ1) is 17.8. The molecule has 1 fully saturated rings. The van der Waals surface area contributed by atoms with Crippen molar-refractivity contribution < 1.29 is 9.59 Å². The van der Waals surface area contributed by atoms with Crippen LogP contribution in [-0.4, -0.2) is 53.8 Å². The standard InChI is InChI=1S/C30H33Cl2N3O2/c1-21(2)19-27(33-29(36)25-14-13-24(31)20-26(25)32)30(37)35-17-15-34(16-18-35)28(22-9-5-3-6-10-22)23-11-7-4-8-12-23/h3-14,20-21,27-28H,15-19H2,1-2H3,(H,33,36). The van der Waals surface area contributed by atoms with E-state index < -0.39 is 6.04 Å². The summed E-state index contributed by atoms with van der Waals surface area (Å²) in [6.07, 6.45) is 0.548. The van der Waals surface area contributed by atoms with Crippen molar-refractivity contribution in [2.75, 3.05) is 26.2 Å².